The quantitative estimate of drug-likeness (QED) is 0.384. The summed E-state index contributed by atoms with van der Waals surface area (Å²) in [6, 6.07) is -0.993. The monoisotopic (exact) mass is 277 g/mol. The van der Waals surface area contributed by atoms with E-state index < -0.39 is 40.7 Å². The Morgan fingerprint density at radius 2 is 1.47 bits per heavy atom. The Balaban J connectivity index is 2.60. The highest BCUT2D eigenvalue weighted by molar-refractivity contribution is 5.34. The van der Waals surface area contributed by atoms with E-state index >= 15 is 0 Å². The highest BCUT2D eigenvalue weighted by atomic mass is 19.2. The fourth-order valence-corrected chi connectivity index (χ4v) is 2.35. The molecule has 1 aliphatic carbocycles. The summed E-state index contributed by atoms with van der Waals surface area (Å²) < 4.78 is 66.7. The molecular formula is C13H12F5N. The van der Waals surface area contributed by atoms with Crippen molar-refractivity contribution in [3.8, 4) is 0 Å². The lowest BCUT2D eigenvalue weighted by Crippen LogP contribution is -2.23. The van der Waals surface area contributed by atoms with Gasteiger partial charge in [0.1, 0.15) is 0 Å². The van der Waals surface area contributed by atoms with E-state index in [1.54, 1.807) is 6.08 Å². The highest BCUT2D eigenvalue weighted by Crippen LogP contribution is 2.35. The summed E-state index contributed by atoms with van der Waals surface area (Å²) in [7, 11) is 1.42. The summed E-state index contributed by atoms with van der Waals surface area (Å²) >= 11 is 0. The molecule has 1 atom stereocenters. The number of nitrogens with one attached hydrogen (secondary N) is 1. The molecule has 0 fully saturated rings. The molecule has 0 bridgehead atoms. The van der Waals surface area contributed by atoms with Crippen LogP contribution < -0.4 is 5.32 Å². The molecule has 0 radical (unpaired) electrons. The second kappa shape index (κ2) is 5.28. The van der Waals surface area contributed by atoms with Gasteiger partial charge in [0.25, 0.3) is 0 Å². The van der Waals surface area contributed by atoms with Crippen LogP contribution in [0.2, 0.25) is 0 Å². The number of allylic oxidation sites excluding steroid dienone is 1. The van der Waals surface area contributed by atoms with Gasteiger partial charge in [0.2, 0.25) is 5.82 Å². The minimum atomic E-state index is -2.13. The molecule has 0 heterocycles. The van der Waals surface area contributed by atoms with Crippen LogP contribution in [0.4, 0.5) is 22.0 Å². The van der Waals surface area contributed by atoms with Crippen molar-refractivity contribution < 1.29 is 22.0 Å². The minimum Gasteiger partial charge on any atom is -0.309 e. The van der Waals surface area contributed by atoms with Crippen LogP contribution in [0.3, 0.4) is 0 Å². The largest absolute Gasteiger partial charge is 0.309 e. The van der Waals surface area contributed by atoms with Crippen molar-refractivity contribution in [3.63, 3.8) is 0 Å². The maximum Gasteiger partial charge on any atom is 0.200 e. The van der Waals surface area contributed by atoms with Gasteiger partial charge in [-0.1, -0.05) is 11.6 Å². The number of halogens is 5. The summed E-state index contributed by atoms with van der Waals surface area (Å²) in [5.74, 6) is -9.50. The molecule has 1 N–H and O–H groups in total. The fourth-order valence-electron chi connectivity index (χ4n) is 2.35. The summed E-state index contributed by atoms with van der Waals surface area (Å²) in [5, 5.41) is 2.61. The molecule has 2 rings (SSSR count). The zero-order chi connectivity index (χ0) is 14.2. The molecule has 6 heteroatoms. The first-order chi connectivity index (χ1) is 8.99. The number of hydrogen-bond acceptors (Lipinski definition) is 1. The lowest BCUT2D eigenvalue weighted by molar-refractivity contribution is 0.363. The molecule has 0 aliphatic heterocycles. The second-order valence-corrected chi connectivity index (χ2v) is 4.38. The molecule has 0 saturated heterocycles. The maximum atomic E-state index is 13.7. The molecule has 0 amide bonds. The topological polar surface area (TPSA) is 12.0 Å². The third kappa shape index (κ3) is 2.25. The van der Waals surface area contributed by atoms with Crippen molar-refractivity contribution >= 4 is 0 Å². The van der Waals surface area contributed by atoms with Crippen LogP contribution in [0, 0.1) is 29.1 Å². The van der Waals surface area contributed by atoms with E-state index in [1.165, 1.54) is 7.05 Å². The van der Waals surface area contributed by atoms with E-state index in [2.05, 4.69) is 5.32 Å². The standard InChI is InChI=1S/C13H12F5N/c1-19-13(6-4-2-3-5-6)7-8(14)10(16)12(18)11(17)9(7)15/h4,13,19H,2-3,5H2,1H3. The van der Waals surface area contributed by atoms with Crippen molar-refractivity contribution in [3.05, 3.63) is 46.3 Å². The predicted molar refractivity (Wildman–Crippen MR) is 60.0 cm³/mol. The molecule has 0 saturated carbocycles. The van der Waals surface area contributed by atoms with Gasteiger partial charge in [-0.3, -0.25) is 0 Å². The average molecular weight is 277 g/mol. The van der Waals surface area contributed by atoms with Crippen LogP contribution in [0.5, 0.6) is 0 Å². The van der Waals surface area contributed by atoms with E-state index in [0.29, 0.717) is 12.0 Å². The van der Waals surface area contributed by atoms with Gasteiger partial charge >= 0.3 is 0 Å². The van der Waals surface area contributed by atoms with Crippen molar-refractivity contribution in [2.24, 2.45) is 0 Å². The van der Waals surface area contributed by atoms with Crippen LogP contribution in [-0.4, -0.2) is 7.05 Å². The molecule has 0 spiro atoms. The predicted octanol–water partition coefficient (Wildman–Crippen LogP) is 3.75. The third-order valence-corrected chi connectivity index (χ3v) is 3.27. The van der Waals surface area contributed by atoms with Crippen molar-refractivity contribution in [2.75, 3.05) is 7.05 Å². The number of hydrogen-bond donors (Lipinski definition) is 1. The smallest absolute Gasteiger partial charge is 0.200 e. The van der Waals surface area contributed by atoms with Crippen LogP contribution in [0.25, 0.3) is 0 Å². The van der Waals surface area contributed by atoms with Gasteiger partial charge in [0.15, 0.2) is 23.3 Å². The van der Waals surface area contributed by atoms with E-state index in [1.807, 2.05) is 0 Å². The fraction of sp³-hybridized carbons (Fsp3) is 0.385. The number of likely N-dealkylation sites (N-methyl/N-ethyl adjacent to an activating group) is 1. The summed E-state index contributed by atoms with van der Waals surface area (Å²) in [5.41, 5.74) is -0.169. The van der Waals surface area contributed by atoms with Gasteiger partial charge in [-0.25, -0.2) is 22.0 Å². The van der Waals surface area contributed by atoms with Crippen LogP contribution >= 0.6 is 0 Å². The lowest BCUT2D eigenvalue weighted by atomic mass is 9.96. The molecule has 1 aromatic rings. The Morgan fingerprint density at radius 3 is 1.89 bits per heavy atom. The second-order valence-electron chi connectivity index (χ2n) is 4.38. The SMILES string of the molecule is CNC(C1=CCCC1)c1c(F)c(F)c(F)c(F)c1F. The lowest BCUT2D eigenvalue weighted by Gasteiger charge is -2.20. The normalized spacial score (nSPS) is 16.6. The van der Waals surface area contributed by atoms with Crippen molar-refractivity contribution in [1.82, 2.24) is 5.32 Å². The zero-order valence-corrected chi connectivity index (χ0v) is 10.2. The number of benzene rings is 1. The molecule has 1 aliphatic rings. The highest BCUT2D eigenvalue weighted by Gasteiger charge is 2.31. The first-order valence-electron chi connectivity index (χ1n) is 5.86. The molecule has 1 aromatic carbocycles. The number of rotatable bonds is 3. The van der Waals surface area contributed by atoms with E-state index in [4.69, 9.17) is 0 Å². The maximum absolute atomic E-state index is 13.7. The van der Waals surface area contributed by atoms with E-state index in [-0.39, 0.29) is 0 Å². The van der Waals surface area contributed by atoms with Gasteiger partial charge in [-0.15, -0.1) is 0 Å². The first kappa shape index (κ1) is 14.0. The Hall–Kier alpha value is -1.43. The Morgan fingerprint density at radius 1 is 0.947 bits per heavy atom. The van der Waals surface area contributed by atoms with Crippen LogP contribution in [-0.2, 0) is 0 Å². The van der Waals surface area contributed by atoms with Gasteiger partial charge in [0, 0.05) is 0 Å². The minimum absolute atomic E-state index is 0.574. The summed E-state index contributed by atoms with van der Waals surface area (Å²) in [6.45, 7) is 0. The Labute approximate surface area is 107 Å². The van der Waals surface area contributed by atoms with Gasteiger partial charge < -0.3 is 5.32 Å². The summed E-state index contributed by atoms with van der Waals surface area (Å²) in [4.78, 5) is 0. The molecule has 1 unspecified atom stereocenters. The Kier molecular flexibility index (Phi) is 3.89. The molecule has 1 nitrogen and oxygen atoms in total. The van der Waals surface area contributed by atoms with Crippen LogP contribution in [0.1, 0.15) is 30.9 Å². The Bertz CT molecular complexity index is 509. The van der Waals surface area contributed by atoms with Gasteiger partial charge in [-0.05, 0) is 26.3 Å². The third-order valence-electron chi connectivity index (χ3n) is 3.27. The zero-order valence-electron chi connectivity index (χ0n) is 10.2. The van der Waals surface area contributed by atoms with Crippen molar-refractivity contribution in [2.45, 2.75) is 25.3 Å². The summed E-state index contributed by atoms with van der Waals surface area (Å²) in [6.07, 6.45) is 3.88. The van der Waals surface area contributed by atoms with Crippen LogP contribution in [0.15, 0.2) is 11.6 Å². The van der Waals surface area contributed by atoms with Crippen molar-refractivity contribution in [1.29, 1.82) is 0 Å². The average Bonchev–Trinajstić information content (AvgIpc) is 2.93. The molecule has 104 valence electrons. The van der Waals surface area contributed by atoms with Gasteiger partial charge in [0.05, 0.1) is 11.6 Å². The molecule has 0 aromatic heterocycles. The van der Waals surface area contributed by atoms with E-state index in [9.17, 15) is 22.0 Å². The van der Waals surface area contributed by atoms with Gasteiger partial charge in [-0.2, -0.15) is 0 Å². The molecule has 19 heavy (non-hydrogen) atoms. The first-order valence-corrected chi connectivity index (χ1v) is 5.86. The van der Waals surface area contributed by atoms with E-state index in [0.717, 1.165) is 12.8 Å². The molecular weight excluding hydrogens is 265 g/mol.